The number of hydroxylamine groups is 1. The first kappa shape index (κ1) is 20.1. The van der Waals surface area contributed by atoms with E-state index in [4.69, 9.17) is 0 Å². The lowest BCUT2D eigenvalue weighted by atomic mass is 9.93. The first-order valence-corrected chi connectivity index (χ1v) is 10.1. The molecule has 1 aliphatic heterocycles. The van der Waals surface area contributed by atoms with Crippen molar-refractivity contribution in [3.63, 3.8) is 0 Å². The van der Waals surface area contributed by atoms with Gasteiger partial charge in [0.2, 0.25) is 5.95 Å². The van der Waals surface area contributed by atoms with Gasteiger partial charge in [-0.2, -0.15) is 15.0 Å². The van der Waals surface area contributed by atoms with E-state index in [1.807, 2.05) is 30.0 Å². The predicted molar refractivity (Wildman–Crippen MR) is 114 cm³/mol. The minimum Gasteiger partial charge on any atom is -0.508 e. The fraction of sp³-hybridized carbons (Fsp3) is 0.318. The van der Waals surface area contributed by atoms with E-state index < -0.39 is 0 Å². The molecule has 156 valence electrons. The minimum atomic E-state index is -0.291. The smallest absolute Gasteiger partial charge is 0.254 e. The third-order valence-corrected chi connectivity index (χ3v) is 5.22. The number of aromatic hydroxyl groups is 1. The van der Waals surface area contributed by atoms with Crippen LogP contribution in [0.4, 0.5) is 11.9 Å². The molecule has 1 atom stereocenters. The van der Waals surface area contributed by atoms with Gasteiger partial charge in [-0.05, 0) is 36.1 Å². The number of anilines is 2. The number of phenols is 1. The number of benzene rings is 2. The molecule has 4 rings (SSSR count). The molecule has 0 spiro atoms. The highest BCUT2D eigenvalue weighted by atomic mass is 16.5. The van der Waals surface area contributed by atoms with Gasteiger partial charge in [0.1, 0.15) is 5.75 Å². The quantitative estimate of drug-likeness (QED) is 0.536. The van der Waals surface area contributed by atoms with E-state index in [-0.39, 0.29) is 24.3 Å². The summed E-state index contributed by atoms with van der Waals surface area (Å²) in [7, 11) is 0. The molecule has 0 radical (unpaired) electrons. The fourth-order valence-corrected chi connectivity index (χ4v) is 3.77. The third-order valence-electron chi connectivity index (χ3n) is 5.22. The molecular weight excluding hydrogens is 382 g/mol. The van der Waals surface area contributed by atoms with Crippen molar-refractivity contribution in [2.24, 2.45) is 0 Å². The van der Waals surface area contributed by atoms with Crippen molar-refractivity contribution >= 4 is 11.9 Å². The average molecular weight is 407 g/mol. The second-order valence-corrected chi connectivity index (χ2v) is 7.27. The van der Waals surface area contributed by atoms with Crippen molar-refractivity contribution in [3.05, 3.63) is 59.7 Å². The molecule has 8 heteroatoms. The van der Waals surface area contributed by atoms with Crippen LogP contribution in [0.3, 0.4) is 0 Å². The highest BCUT2D eigenvalue weighted by Gasteiger charge is 2.29. The maximum atomic E-state index is 10.4. The zero-order valence-electron chi connectivity index (χ0n) is 16.8. The summed E-state index contributed by atoms with van der Waals surface area (Å²) in [4.78, 5) is 15.5. The molecule has 0 aliphatic carbocycles. The van der Waals surface area contributed by atoms with Crippen molar-refractivity contribution in [2.75, 3.05) is 29.7 Å². The van der Waals surface area contributed by atoms with Crippen LogP contribution in [0.5, 0.6) is 5.75 Å². The van der Waals surface area contributed by atoms with E-state index in [1.165, 1.54) is 5.56 Å². The number of fused-ring (bicyclic) bond motifs is 1. The molecule has 0 bridgehead atoms. The molecule has 0 saturated carbocycles. The number of aliphatic hydroxyl groups excluding tert-OH is 1. The third kappa shape index (κ3) is 3.92. The van der Waals surface area contributed by atoms with Crippen LogP contribution in [-0.2, 0) is 6.42 Å². The van der Waals surface area contributed by atoms with Crippen molar-refractivity contribution in [3.8, 4) is 17.1 Å². The Morgan fingerprint density at radius 2 is 1.93 bits per heavy atom. The van der Waals surface area contributed by atoms with Gasteiger partial charge >= 0.3 is 0 Å². The number of aliphatic hydroxyl groups is 1. The van der Waals surface area contributed by atoms with Crippen LogP contribution >= 0.6 is 0 Å². The number of hydrogen-bond donors (Lipinski definition) is 3. The molecule has 3 aromatic rings. The van der Waals surface area contributed by atoms with Crippen LogP contribution in [0.25, 0.3) is 11.4 Å². The lowest BCUT2D eigenvalue weighted by Crippen LogP contribution is -2.39. The van der Waals surface area contributed by atoms with Gasteiger partial charge in [-0.25, -0.2) is 5.06 Å². The molecule has 0 amide bonds. The molecule has 1 aliphatic rings. The first-order chi connectivity index (χ1) is 14.6. The van der Waals surface area contributed by atoms with E-state index in [0.29, 0.717) is 30.4 Å². The van der Waals surface area contributed by atoms with E-state index in [2.05, 4.69) is 21.0 Å². The molecule has 1 aromatic heterocycles. The Bertz CT molecular complexity index is 1030. The van der Waals surface area contributed by atoms with Crippen LogP contribution < -0.4 is 9.96 Å². The lowest BCUT2D eigenvalue weighted by Gasteiger charge is -2.36. The lowest BCUT2D eigenvalue weighted by molar-refractivity contribution is 0.246. The van der Waals surface area contributed by atoms with Gasteiger partial charge in [0.25, 0.3) is 5.95 Å². The summed E-state index contributed by atoms with van der Waals surface area (Å²) in [5, 5.41) is 31.4. The van der Waals surface area contributed by atoms with Gasteiger partial charge in [0, 0.05) is 18.7 Å². The zero-order chi connectivity index (χ0) is 21.1. The summed E-state index contributed by atoms with van der Waals surface area (Å²) in [6.07, 6.45) is 1.52. The topological polar surface area (TPSA) is 106 Å². The van der Waals surface area contributed by atoms with E-state index in [0.717, 1.165) is 23.5 Å². The Kier molecular flexibility index (Phi) is 5.78. The maximum Gasteiger partial charge on any atom is 0.254 e. The van der Waals surface area contributed by atoms with Crippen molar-refractivity contribution in [1.29, 1.82) is 0 Å². The van der Waals surface area contributed by atoms with Crippen molar-refractivity contribution in [1.82, 2.24) is 15.0 Å². The number of hydrogen-bond acceptors (Lipinski definition) is 8. The molecule has 2 aromatic carbocycles. The van der Waals surface area contributed by atoms with Crippen LogP contribution in [0.2, 0.25) is 0 Å². The molecule has 0 saturated heterocycles. The summed E-state index contributed by atoms with van der Waals surface area (Å²) in [5.41, 5.74) is 2.86. The molecule has 30 heavy (non-hydrogen) atoms. The normalized spacial score (nSPS) is 15.7. The van der Waals surface area contributed by atoms with Crippen LogP contribution in [0.1, 0.15) is 30.5 Å². The van der Waals surface area contributed by atoms with Gasteiger partial charge in [-0.1, -0.05) is 43.3 Å². The Morgan fingerprint density at radius 3 is 2.70 bits per heavy atom. The zero-order valence-corrected chi connectivity index (χ0v) is 16.8. The summed E-state index contributed by atoms with van der Waals surface area (Å²) in [6.45, 7) is 2.86. The number of phenolic OH excluding ortho intramolecular Hbond substituents is 1. The van der Waals surface area contributed by atoms with Gasteiger partial charge in [0.15, 0.2) is 5.82 Å². The van der Waals surface area contributed by atoms with Gasteiger partial charge in [0.05, 0.1) is 12.6 Å². The number of nitrogens with zero attached hydrogens (tertiary/aromatic N) is 5. The Labute approximate surface area is 175 Å². The first-order valence-electron chi connectivity index (χ1n) is 10.1. The number of rotatable bonds is 6. The Hall–Kier alpha value is -3.23. The maximum absolute atomic E-state index is 10.4. The van der Waals surface area contributed by atoms with Crippen LogP contribution in [0.15, 0.2) is 48.5 Å². The molecule has 3 N–H and O–H groups in total. The van der Waals surface area contributed by atoms with Gasteiger partial charge in [-0.15, -0.1) is 0 Å². The van der Waals surface area contributed by atoms with E-state index in [9.17, 15) is 15.4 Å². The van der Waals surface area contributed by atoms with Crippen LogP contribution in [0, 0.1) is 0 Å². The predicted octanol–water partition coefficient (Wildman–Crippen LogP) is 2.95. The number of aromatic nitrogens is 3. The minimum absolute atomic E-state index is 0.0860. The molecule has 2 heterocycles. The van der Waals surface area contributed by atoms with Crippen molar-refractivity contribution in [2.45, 2.75) is 25.8 Å². The molecule has 0 fully saturated rings. The second kappa shape index (κ2) is 8.64. The highest BCUT2D eigenvalue weighted by molar-refractivity contribution is 5.61. The average Bonchev–Trinajstić information content (AvgIpc) is 2.78. The Morgan fingerprint density at radius 1 is 1.10 bits per heavy atom. The SMILES string of the molecule is CCCN(O)c1nc(-c2cccc(O)c2)nc(N2CCc3ccccc3[C@@H]2CO)n1. The van der Waals surface area contributed by atoms with Crippen LogP contribution in [-0.4, -0.2) is 50.1 Å². The summed E-state index contributed by atoms with van der Waals surface area (Å²) >= 11 is 0. The standard InChI is InChI=1S/C22H25N5O3/c1-2-11-27(30)22-24-20(16-7-5-8-17(29)13-16)23-21(25-22)26-12-10-15-6-3-4-9-18(15)19(26)14-28/h3-9,13,19,28-30H,2,10-12,14H2,1H3/t19-/m0/s1. The summed E-state index contributed by atoms with van der Waals surface area (Å²) < 4.78 is 0. The largest absolute Gasteiger partial charge is 0.508 e. The summed E-state index contributed by atoms with van der Waals surface area (Å²) in [5.74, 6) is 0.958. The fourth-order valence-electron chi connectivity index (χ4n) is 3.77. The van der Waals surface area contributed by atoms with Gasteiger partial charge < -0.3 is 15.1 Å². The van der Waals surface area contributed by atoms with Gasteiger partial charge in [-0.3, -0.25) is 5.21 Å². The Balaban J connectivity index is 1.80. The molecule has 8 nitrogen and oxygen atoms in total. The molecule has 0 unspecified atom stereocenters. The monoisotopic (exact) mass is 407 g/mol. The van der Waals surface area contributed by atoms with E-state index >= 15 is 0 Å². The van der Waals surface area contributed by atoms with E-state index in [1.54, 1.807) is 24.3 Å². The molecular formula is C22H25N5O3. The summed E-state index contributed by atoms with van der Waals surface area (Å²) in [6, 6.07) is 14.4. The van der Waals surface area contributed by atoms with Crippen molar-refractivity contribution < 1.29 is 15.4 Å². The second-order valence-electron chi connectivity index (χ2n) is 7.27. The highest BCUT2D eigenvalue weighted by Crippen LogP contribution is 2.33.